The molecule has 0 heterocycles. The first-order valence-corrected chi connectivity index (χ1v) is 6.87. The summed E-state index contributed by atoms with van der Waals surface area (Å²) in [7, 11) is 0. The van der Waals surface area contributed by atoms with E-state index in [1.807, 2.05) is 0 Å². The van der Waals surface area contributed by atoms with Crippen LogP contribution >= 0.6 is 23.2 Å². The molecule has 3 unspecified atom stereocenters. The standard InChI is InChI=1S/C14H15Cl2NO/c1-9-2-3-10(8-17)14(6-9)18-13-5-4-11(15)7-12(13)16/h4-5,7,9-10,14H,2-3,6H2,1H3. The topological polar surface area (TPSA) is 33.0 Å². The van der Waals surface area contributed by atoms with Crippen molar-refractivity contribution in [2.45, 2.75) is 32.3 Å². The number of ether oxygens (including phenoxy) is 1. The fraction of sp³-hybridized carbons (Fsp3) is 0.500. The number of nitrogens with zero attached hydrogens (tertiary/aromatic N) is 1. The molecular weight excluding hydrogens is 269 g/mol. The molecule has 1 aliphatic rings. The SMILES string of the molecule is CC1CCC(C#N)C(Oc2ccc(Cl)cc2Cl)C1. The first kappa shape index (κ1) is 13.5. The maximum absolute atomic E-state index is 9.16. The molecule has 0 radical (unpaired) electrons. The molecule has 1 aliphatic carbocycles. The second kappa shape index (κ2) is 5.82. The van der Waals surface area contributed by atoms with Gasteiger partial charge in [-0.3, -0.25) is 0 Å². The average Bonchev–Trinajstić information content (AvgIpc) is 2.33. The van der Waals surface area contributed by atoms with E-state index in [9.17, 15) is 0 Å². The molecule has 1 aromatic rings. The van der Waals surface area contributed by atoms with Crippen LogP contribution in [0.25, 0.3) is 0 Å². The van der Waals surface area contributed by atoms with Crippen LogP contribution in [0, 0.1) is 23.2 Å². The number of halogens is 2. The second-order valence-corrected chi connectivity index (χ2v) is 5.73. The van der Waals surface area contributed by atoms with Crippen molar-refractivity contribution in [2.75, 3.05) is 0 Å². The minimum absolute atomic E-state index is 0.0482. The zero-order valence-corrected chi connectivity index (χ0v) is 11.7. The molecule has 0 aromatic heterocycles. The summed E-state index contributed by atoms with van der Waals surface area (Å²) >= 11 is 11.9. The lowest BCUT2D eigenvalue weighted by atomic mass is 9.81. The Bertz CT molecular complexity index is 469. The van der Waals surface area contributed by atoms with E-state index in [4.69, 9.17) is 33.2 Å². The summed E-state index contributed by atoms with van der Waals surface area (Å²) in [6.45, 7) is 2.19. The van der Waals surface area contributed by atoms with Crippen LogP contribution in [-0.4, -0.2) is 6.10 Å². The Kier molecular flexibility index (Phi) is 4.37. The molecule has 1 saturated carbocycles. The summed E-state index contributed by atoms with van der Waals surface area (Å²) in [5, 5.41) is 10.2. The van der Waals surface area contributed by atoms with Crippen LogP contribution in [0.4, 0.5) is 0 Å². The van der Waals surface area contributed by atoms with E-state index >= 15 is 0 Å². The number of hydrogen-bond acceptors (Lipinski definition) is 2. The molecular formula is C14H15Cl2NO. The Morgan fingerprint density at radius 2 is 2.11 bits per heavy atom. The van der Waals surface area contributed by atoms with Gasteiger partial charge in [0.05, 0.1) is 17.0 Å². The van der Waals surface area contributed by atoms with Crippen molar-refractivity contribution >= 4 is 23.2 Å². The van der Waals surface area contributed by atoms with Crippen LogP contribution in [-0.2, 0) is 0 Å². The van der Waals surface area contributed by atoms with Gasteiger partial charge in [0, 0.05) is 5.02 Å². The van der Waals surface area contributed by atoms with Gasteiger partial charge in [-0.05, 0) is 43.4 Å². The fourth-order valence-electron chi connectivity index (χ4n) is 2.34. The molecule has 3 atom stereocenters. The van der Waals surface area contributed by atoms with Crippen molar-refractivity contribution in [2.24, 2.45) is 11.8 Å². The van der Waals surface area contributed by atoms with Gasteiger partial charge in [-0.2, -0.15) is 5.26 Å². The molecule has 1 aromatic carbocycles. The summed E-state index contributed by atoms with van der Waals surface area (Å²) in [5.41, 5.74) is 0. The molecule has 0 bridgehead atoms. The van der Waals surface area contributed by atoms with Crippen LogP contribution in [0.3, 0.4) is 0 Å². The van der Waals surface area contributed by atoms with Crippen molar-refractivity contribution in [3.63, 3.8) is 0 Å². The molecule has 96 valence electrons. The highest BCUT2D eigenvalue weighted by molar-refractivity contribution is 6.35. The lowest BCUT2D eigenvalue weighted by Crippen LogP contribution is -2.32. The van der Waals surface area contributed by atoms with Crippen LogP contribution in [0.1, 0.15) is 26.2 Å². The van der Waals surface area contributed by atoms with E-state index in [0.29, 0.717) is 21.7 Å². The third-order valence-electron chi connectivity index (χ3n) is 3.39. The predicted octanol–water partition coefficient (Wildman–Crippen LogP) is 4.70. The highest BCUT2D eigenvalue weighted by atomic mass is 35.5. The van der Waals surface area contributed by atoms with Crippen molar-refractivity contribution in [1.82, 2.24) is 0 Å². The smallest absolute Gasteiger partial charge is 0.138 e. The van der Waals surface area contributed by atoms with E-state index < -0.39 is 0 Å². The van der Waals surface area contributed by atoms with E-state index in [-0.39, 0.29) is 12.0 Å². The van der Waals surface area contributed by atoms with E-state index in [0.717, 1.165) is 19.3 Å². The van der Waals surface area contributed by atoms with Crippen molar-refractivity contribution in [3.8, 4) is 11.8 Å². The molecule has 2 nitrogen and oxygen atoms in total. The highest BCUT2D eigenvalue weighted by Crippen LogP contribution is 2.34. The molecule has 0 amide bonds. The van der Waals surface area contributed by atoms with Crippen molar-refractivity contribution < 1.29 is 4.74 Å². The maximum atomic E-state index is 9.16. The van der Waals surface area contributed by atoms with Gasteiger partial charge < -0.3 is 4.74 Å². The number of benzene rings is 1. The van der Waals surface area contributed by atoms with Gasteiger partial charge in [0.15, 0.2) is 0 Å². The monoisotopic (exact) mass is 283 g/mol. The molecule has 0 aliphatic heterocycles. The quantitative estimate of drug-likeness (QED) is 0.788. The minimum atomic E-state index is -0.0718. The molecule has 0 spiro atoms. The second-order valence-electron chi connectivity index (χ2n) is 4.88. The molecule has 4 heteroatoms. The molecule has 18 heavy (non-hydrogen) atoms. The maximum Gasteiger partial charge on any atom is 0.138 e. The largest absolute Gasteiger partial charge is 0.487 e. The molecule has 1 fully saturated rings. The third-order valence-corrected chi connectivity index (χ3v) is 3.92. The third kappa shape index (κ3) is 3.10. The summed E-state index contributed by atoms with van der Waals surface area (Å²) < 4.78 is 5.90. The van der Waals surface area contributed by atoms with Gasteiger partial charge in [0.1, 0.15) is 11.9 Å². The Labute approximate surface area is 117 Å². The Hall–Kier alpha value is -0.910. The van der Waals surface area contributed by atoms with E-state index in [1.54, 1.807) is 18.2 Å². The van der Waals surface area contributed by atoms with Gasteiger partial charge in [-0.1, -0.05) is 30.1 Å². The van der Waals surface area contributed by atoms with Crippen LogP contribution in [0.2, 0.25) is 10.0 Å². The predicted molar refractivity (Wildman–Crippen MR) is 73.0 cm³/mol. The Morgan fingerprint density at radius 3 is 2.78 bits per heavy atom. The molecule has 0 saturated heterocycles. The first-order chi connectivity index (χ1) is 8.60. The first-order valence-electron chi connectivity index (χ1n) is 6.11. The highest BCUT2D eigenvalue weighted by Gasteiger charge is 2.30. The summed E-state index contributed by atoms with van der Waals surface area (Å²) in [6.07, 6.45) is 2.81. The minimum Gasteiger partial charge on any atom is -0.487 e. The zero-order chi connectivity index (χ0) is 13.1. The summed E-state index contributed by atoms with van der Waals surface area (Å²) in [6, 6.07) is 7.50. The van der Waals surface area contributed by atoms with Crippen LogP contribution in [0.5, 0.6) is 5.75 Å². The summed E-state index contributed by atoms with van der Waals surface area (Å²) in [4.78, 5) is 0. The van der Waals surface area contributed by atoms with Crippen molar-refractivity contribution in [3.05, 3.63) is 28.2 Å². The number of hydrogen-bond donors (Lipinski definition) is 0. The Balaban J connectivity index is 2.13. The van der Waals surface area contributed by atoms with Crippen molar-refractivity contribution in [1.29, 1.82) is 5.26 Å². The zero-order valence-electron chi connectivity index (χ0n) is 10.2. The van der Waals surface area contributed by atoms with Gasteiger partial charge in [-0.15, -0.1) is 0 Å². The summed E-state index contributed by atoms with van der Waals surface area (Å²) in [5.74, 6) is 1.15. The fourth-order valence-corrected chi connectivity index (χ4v) is 2.79. The van der Waals surface area contributed by atoms with Gasteiger partial charge in [0.2, 0.25) is 0 Å². The number of nitriles is 1. The average molecular weight is 284 g/mol. The van der Waals surface area contributed by atoms with E-state index in [2.05, 4.69) is 13.0 Å². The normalized spacial score (nSPS) is 27.6. The van der Waals surface area contributed by atoms with Gasteiger partial charge >= 0.3 is 0 Å². The number of rotatable bonds is 2. The lowest BCUT2D eigenvalue weighted by Gasteiger charge is -2.31. The Morgan fingerprint density at radius 1 is 1.33 bits per heavy atom. The van der Waals surface area contributed by atoms with E-state index in [1.165, 1.54) is 0 Å². The van der Waals surface area contributed by atoms with Crippen LogP contribution < -0.4 is 4.74 Å². The lowest BCUT2D eigenvalue weighted by molar-refractivity contribution is 0.0957. The van der Waals surface area contributed by atoms with Gasteiger partial charge in [-0.25, -0.2) is 0 Å². The molecule has 2 rings (SSSR count). The van der Waals surface area contributed by atoms with Crippen LogP contribution in [0.15, 0.2) is 18.2 Å². The van der Waals surface area contributed by atoms with Gasteiger partial charge in [0.25, 0.3) is 0 Å². The molecule has 0 N–H and O–H groups in total.